The molecule has 0 bridgehead atoms. The maximum Gasteiger partial charge on any atom is 0.324 e. The number of fused-ring (bicyclic) bond motifs is 1. The molecule has 0 radical (unpaired) electrons. The number of rotatable bonds is 6. The van der Waals surface area contributed by atoms with E-state index in [9.17, 15) is 14.4 Å². The monoisotopic (exact) mass is 363 g/mol. The molecule has 0 aromatic heterocycles. The molecule has 9 nitrogen and oxygen atoms in total. The number of hydrogen-bond acceptors (Lipinski definition) is 5. The van der Waals surface area contributed by atoms with Crippen molar-refractivity contribution >= 4 is 23.5 Å². The summed E-state index contributed by atoms with van der Waals surface area (Å²) in [7, 11) is 0. The van der Waals surface area contributed by atoms with Crippen LogP contribution in [0.4, 0.5) is 10.5 Å². The molecule has 3 rings (SSSR count). The van der Waals surface area contributed by atoms with Crippen LogP contribution in [0.5, 0.6) is 11.5 Å². The van der Waals surface area contributed by atoms with E-state index in [1.165, 1.54) is 4.90 Å². The zero-order valence-corrected chi connectivity index (χ0v) is 14.7. The Labute approximate surface area is 151 Å². The van der Waals surface area contributed by atoms with Crippen LogP contribution in [-0.4, -0.2) is 68.7 Å². The van der Waals surface area contributed by atoms with E-state index in [-0.39, 0.29) is 30.9 Å². The van der Waals surface area contributed by atoms with Gasteiger partial charge >= 0.3 is 6.03 Å². The third-order valence-electron chi connectivity index (χ3n) is 4.30. The van der Waals surface area contributed by atoms with Crippen LogP contribution in [0.1, 0.15) is 6.92 Å². The van der Waals surface area contributed by atoms with Crippen molar-refractivity contribution < 1.29 is 28.8 Å². The summed E-state index contributed by atoms with van der Waals surface area (Å²) in [6.07, 6.45) is 0. The van der Waals surface area contributed by atoms with Crippen LogP contribution in [0.2, 0.25) is 0 Å². The van der Waals surface area contributed by atoms with Crippen molar-refractivity contribution in [2.75, 3.05) is 51.3 Å². The van der Waals surface area contributed by atoms with Gasteiger partial charge < -0.3 is 25.0 Å². The molecule has 3 N–H and O–H groups in total. The average molecular weight is 363 g/mol. The smallest absolute Gasteiger partial charge is 0.324 e. The maximum atomic E-state index is 12.3. The Hall–Kier alpha value is -2.81. The summed E-state index contributed by atoms with van der Waals surface area (Å²) in [5.41, 5.74) is 0.611. The summed E-state index contributed by atoms with van der Waals surface area (Å²) >= 11 is 0. The molecule has 0 saturated carbocycles. The summed E-state index contributed by atoms with van der Waals surface area (Å²) < 4.78 is 10.9. The normalized spacial score (nSPS) is 16.8. The number of carbonyl (C=O) groups is 3. The van der Waals surface area contributed by atoms with E-state index in [2.05, 4.69) is 10.6 Å². The molecule has 26 heavy (non-hydrogen) atoms. The number of carbonyl (C=O) groups excluding carboxylic acids is 3. The molecule has 2 aliphatic heterocycles. The largest absolute Gasteiger partial charge is 0.486 e. The second-order valence-electron chi connectivity index (χ2n) is 6.14. The molecule has 9 heteroatoms. The van der Waals surface area contributed by atoms with Crippen molar-refractivity contribution in [2.45, 2.75) is 6.92 Å². The summed E-state index contributed by atoms with van der Waals surface area (Å²) in [6.45, 7) is 4.54. The number of ether oxygens (including phenoxy) is 2. The first-order valence-corrected chi connectivity index (χ1v) is 8.68. The number of urea groups is 1. The Morgan fingerprint density at radius 1 is 1.23 bits per heavy atom. The number of nitrogens with one attached hydrogen (secondary N) is 3. The quantitative estimate of drug-likeness (QED) is 0.593. The maximum absolute atomic E-state index is 12.3. The van der Waals surface area contributed by atoms with Gasteiger partial charge in [-0.2, -0.15) is 0 Å². The molecular formula is C17H23N4O5+. The zero-order chi connectivity index (χ0) is 18.5. The highest BCUT2D eigenvalue weighted by Gasteiger charge is 2.29. The number of nitrogens with zero attached hydrogens (tertiary/aromatic N) is 1. The minimum absolute atomic E-state index is 0.0957. The number of anilines is 1. The van der Waals surface area contributed by atoms with Crippen molar-refractivity contribution in [1.82, 2.24) is 10.2 Å². The van der Waals surface area contributed by atoms with Gasteiger partial charge in [-0.15, -0.1) is 0 Å². The van der Waals surface area contributed by atoms with Gasteiger partial charge in [-0.1, -0.05) is 0 Å². The number of benzene rings is 1. The average Bonchev–Trinajstić information content (AvgIpc) is 3.07. The molecule has 1 fully saturated rings. The summed E-state index contributed by atoms with van der Waals surface area (Å²) in [6, 6.07) is 4.85. The second kappa shape index (κ2) is 8.05. The van der Waals surface area contributed by atoms with E-state index >= 15 is 0 Å². The van der Waals surface area contributed by atoms with E-state index in [0.717, 1.165) is 4.90 Å². The third kappa shape index (κ3) is 4.23. The third-order valence-corrected chi connectivity index (χ3v) is 4.30. The van der Waals surface area contributed by atoms with Gasteiger partial charge in [-0.3, -0.25) is 14.5 Å². The van der Waals surface area contributed by atoms with Gasteiger partial charge in [0.15, 0.2) is 24.6 Å². The van der Waals surface area contributed by atoms with Crippen molar-refractivity contribution in [2.24, 2.45) is 0 Å². The van der Waals surface area contributed by atoms with E-state index in [1.54, 1.807) is 18.2 Å². The molecule has 0 spiro atoms. The lowest BCUT2D eigenvalue weighted by Gasteiger charge is -2.20. The van der Waals surface area contributed by atoms with Crippen LogP contribution in [0.15, 0.2) is 18.2 Å². The lowest BCUT2D eigenvalue weighted by molar-refractivity contribution is -0.881. The van der Waals surface area contributed by atoms with Gasteiger partial charge in [0, 0.05) is 24.8 Å². The van der Waals surface area contributed by atoms with E-state index in [0.29, 0.717) is 50.0 Å². The lowest BCUT2D eigenvalue weighted by atomic mass is 10.2. The molecule has 0 aliphatic carbocycles. The molecule has 2 aliphatic rings. The first-order chi connectivity index (χ1) is 12.6. The molecule has 1 atom stereocenters. The Bertz CT molecular complexity index is 708. The molecule has 2 heterocycles. The van der Waals surface area contributed by atoms with Crippen molar-refractivity contribution in [3.63, 3.8) is 0 Å². The minimum Gasteiger partial charge on any atom is -0.486 e. The summed E-state index contributed by atoms with van der Waals surface area (Å²) in [5.74, 6) is 0.773. The molecular weight excluding hydrogens is 340 g/mol. The van der Waals surface area contributed by atoms with Gasteiger partial charge in [0.05, 0.1) is 6.54 Å². The van der Waals surface area contributed by atoms with Gasteiger partial charge in [0.2, 0.25) is 0 Å². The van der Waals surface area contributed by atoms with Gasteiger partial charge in [0.1, 0.15) is 13.2 Å². The second-order valence-corrected chi connectivity index (χ2v) is 6.14. The van der Waals surface area contributed by atoms with E-state index in [1.807, 2.05) is 6.92 Å². The number of amides is 4. The highest BCUT2D eigenvalue weighted by molar-refractivity contribution is 5.96. The Morgan fingerprint density at radius 3 is 2.69 bits per heavy atom. The van der Waals surface area contributed by atoms with Gasteiger partial charge in [-0.05, 0) is 19.1 Å². The molecule has 1 aromatic rings. The van der Waals surface area contributed by atoms with E-state index < -0.39 is 0 Å². The topological polar surface area (TPSA) is 101 Å². The van der Waals surface area contributed by atoms with Crippen LogP contribution in [-0.2, 0) is 9.59 Å². The van der Waals surface area contributed by atoms with Crippen molar-refractivity contribution in [3.05, 3.63) is 18.2 Å². The fraction of sp³-hybridized carbons (Fsp3) is 0.471. The Balaban J connectivity index is 1.54. The highest BCUT2D eigenvalue weighted by Crippen LogP contribution is 2.32. The molecule has 140 valence electrons. The Kier molecular flexibility index (Phi) is 5.57. The summed E-state index contributed by atoms with van der Waals surface area (Å²) in [4.78, 5) is 38.0. The predicted molar refractivity (Wildman–Crippen MR) is 92.4 cm³/mol. The minimum atomic E-state index is -0.369. The predicted octanol–water partition coefficient (Wildman–Crippen LogP) is -1.15. The fourth-order valence-corrected chi connectivity index (χ4v) is 2.88. The molecule has 1 unspecified atom stereocenters. The highest BCUT2D eigenvalue weighted by atomic mass is 16.6. The lowest BCUT2D eigenvalue weighted by Crippen LogP contribution is -3.14. The van der Waals surface area contributed by atoms with Crippen LogP contribution >= 0.6 is 0 Å². The number of likely N-dealkylation sites (N-methyl/N-ethyl adjacent to an activating group) is 1. The number of hydrogen-bond donors (Lipinski definition) is 3. The SMILES string of the molecule is CC[NH+](CC(=O)Nc1ccc2c(c1)OCCO2)CC(=O)N1CCNC1=O. The molecule has 4 amide bonds. The molecule has 1 aromatic carbocycles. The first kappa shape index (κ1) is 18.0. The molecule has 1 saturated heterocycles. The standard InChI is InChI=1S/C17H22N4O5/c1-2-20(11-16(23)21-6-5-18-17(21)24)10-15(22)19-12-3-4-13-14(9-12)26-8-7-25-13/h3-4,9H,2,5-8,10-11H2,1H3,(H,18,24)(H,19,22)/p+1. The first-order valence-electron chi connectivity index (χ1n) is 8.68. The number of quaternary nitrogens is 1. The number of imide groups is 1. The zero-order valence-electron chi connectivity index (χ0n) is 14.7. The van der Waals surface area contributed by atoms with Crippen LogP contribution < -0.4 is 25.0 Å². The Morgan fingerprint density at radius 2 is 2.00 bits per heavy atom. The van der Waals surface area contributed by atoms with Gasteiger partial charge in [0.25, 0.3) is 11.8 Å². The van der Waals surface area contributed by atoms with Crippen molar-refractivity contribution in [3.8, 4) is 11.5 Å². The van der Waals surface area contributed by atoms with Crippen molar-refractivity contribution in [1.29, 1.82) is 0 Å². The van der Waals surface area contributed by atoms with E-state index in [4.69, 9.17) is 9.47 Å². The van der Waals surface area contributed by atoms with Crippen LogP contribution in [0.3, 0.4) is 0 Å². The van der Waals surface area contributed by atoms with Crippen LogP contribution in [0.25, 0.3) is 0 Å². The van der Waals surface area contributed by atoms with Crippen LogP contribution in [0, 0.1) is 0 Å². The van der Waals surface area contributed by atoms with Gasteiger partial charge in [-0.25, -0.2) is 4.79 Å². The summed E-state index contributed by atoms with van der Waals surface area (Å²) in [5, 5.41) is 5.40. The fourth-order valence-electron chi connectivity index (χ4n) is 2.88.